The average molecular weight is 692 g/mol. The van der Waals surface area contributed by atoms with Gasteiger partial charge in [0.25, 0.3) is 5.91 Å². The van der Waals surface area contributed by atoms with Gasteiger partial charge in [0.05, 0.1) is 5.54 Å². The van der Waals surface area contributed by atoms with Crippen LogP contribution >= 0.6 is 11.6 Å². The van der Waals surface area contributed by atoms with Crippen molar-refractivity contribution in [3.8, 4) is 6.01 Å². The summed E-state index contributed by atoms with van der Waals surface area (Å²) >= 11 is 6.02. The number of halogens is 4. The number of hydrogen-bond acceptors (Lipinski definition) is 10. The molecule has 12 nitrogen and oxygen atoms in total. The van der Waals surface area contributed by atoms with Crippen molar-refractivity contribution >= 4 is 47.0 Å². The number of carbonyl (C=O) groups excluding carboxylic acids is 3. The van der Waals surface area contributed by atoms with E-state index in [0.717, 1.165) is 18.4 Å². The number of ether oxygens (including phenoxy) is 2. The normalized spacial score (nSPS) is 14.3. The second kappa shape index (κ2) is 15.0. The number of amides is 2. The highest BCUT2D eigenvalue weighted by atomic mass is 35.5. The van der Waals surface area contributed by atoms with Gasteiger partial charge in [0.1, 0.15) is 11.6 Å². The van der Waals surface area contributed by atoms with E-state index < -0.39 is 41.9 Å². The molecule has 48 heavy (non-hydrogen) atoms. The van der Waals surface area contributed by atoms with Crippen LogP contribution in [0.4, 0.5) is 30.8 Å². The Morgan fingerprint density at radius 2 is 1.60 bits per heavy atom. The molecule has 2 aromatic carbocycles. The summed E-state index contributed by atoms with van der Waals surface area (Å²) in [5, 5.41) is 12.0. The van der Waals surface area contributed by atoms with Crippen molar-refractivity contribution in [2.75, 3.05) is 23.8 Å². The maximum atomic E-state index is 12.9. The topological polar surface area (TPSA) is 156 Å². The van der Waals surface area contributed by atoms with Crippen LogP contribution in [0.25, 0.3) is 0 Å². The predicted molar refractivity (Wildman–Crippen MR) is 172 cm³/mol. The molecular weight excluding hydrogens is 655 g/mol. The molecule has 4 N–H and O–H groups in total. The van der Waals surface area contributed by atoms with Crippen LogP contribution in [0.2, 0.25) is 5.02 Å². The van der Waals surface area contributed by atoms with Gasteiger partial charge in [-0.15, -0.1) is 0 Å². The summed E-state index contributed by atoms with van der Waals surface area (Å²) in [6, 6.07) is 12.1. The van der Waals surface area contributed by atoms with Crippen LogP contribution in [0, 0.1) is 0 Å². The maximum Gasteiger partial charge on any atom is 0.422 e. The van der Waals surface area contributed by atoms with Crippen LogP contribution in [0.1, 0.15) is 69.3 Å². The minimum Gasteiger partial charge on any atom is -0.458 e. The summed E-state index contributed by atoms with van der Waals surface area (Å²) in [6.07, 6.45) is -2.68. The molecule has 258 valence electrons. The van der Waals surface area contributed by atoms with Gasteiger partial charge in [0, 0.05) is 29.2 Å². The predicted octanol–water partition coefficient (Wildman–Crippen LogP) is 5.67. The molecule has 16 heteroatoms. The molecular formula is C32H37ClF3N7O5. The fourth-order valence-electron chi connectivity index (χ4n) is 4.42. The summed E-state index contributed by atoms with van der Waals surface area (Å²) < 4.78 is 48.7. The molecule has 1 saturated carbocycles. The molecule has 3 aromatic rings. The summed E-state index contributed by atoms with van der Waals surface area (Å²) in [6.45, 7) is 5.37. The van der Waals surface area contributed by atoms with Crippen LogP contribution in [0.5, 0.6) is 6.01 Å². The molecule has 1 fully saturated rings. The fraction of sp³-hybridized carbons (Fsp3) is 0.438. The van der Waals surface area contributed by atoms with Crippen LogP contribution in [-0.2, 0) is 19.9 Å². The van der Waals surface area contributed by atoms with Crippen molar-refractivity contribution in [3.05, 3.63) is 64.7 Å². The number of benzene rings is 2. The number of rotatable bonds is 14. The van der Waals surface area contributed by atoms with Gasteiger partial charge >= 0.3 is 18.2 Å². The first-order valence-electron chi connectivity index (χ1n) is 15.2. The minimum atomic E-state index is -4.60. The SMILES string of the molecule is C[C@@H](NC(=O)CCCNC(=O)c1ccc(Nc2nc(NC3(c4ccc(Cl)cc4)CC3)nc(OCC(F)(F)F)n2)cc1)C(=O)OC(C)(C)C. The molecule has 0 radical (unpaired) electrons. The number of anilines is 3. The first-order valence-corrected chi connectivity index (χ1v) is 15.6. The quantitative estimate of drug-likeness (QED) is 0.123. The number of esters is 1. The van der Waals surface area contributed by atoms with Crippen LogP contribution < -0.4 is 26.0 Å². The van der Waals surface area contributed by atoms with E-state index in [4.69, 9.17) is 21.1 Å². The summed E-state index contributed by atoms with van der Waals surface area (Å²) in [5.41, 5.74) is 0.514. The molecule has 1 aromatic heterocycles. The van der Waals surface area contributed by atoms with E-state index in [-0.39, 0.29) is 36.7 Å². The molecule has 1 heterocycles. The first kappa shape index (κ1) is 36.2. The second-order valence-electron chi connectivity index (χ2n) is 12.3. The zero-order valence-electron chi connectivity index (χ0n) is 26.8. The van der Waals surface area contributed by atoms with Crippen LogP contribution in [0.3, 0.4) is 0 Å². The molecule has 1 aliphatic rings. The third-order valence-corrected chi connectivity index (χ3v) is 7.14. The number of nitrogens with one attached hydrogen (secondary N) is 4. The highest BCUT2D eigenvalue weighted by molar-refractivity contribution is 6.30. The van der Waals surface area contributed by atoms with Gasteiger partial charge in [0.15, 0.2) is 6.61 Å². The lowest BCUT2D eigenvalue weighted by molar-refractivity contribution is -0.158. The molecule has 1 aliphatic carbocycles. The van der Waals surface area contributed by atoms with Gasteiger partial charge in [-0.1, -0.05) is 23.7 Å². The summed E-state index contributed by atoms with van der Waals surface area (Å²) in [5.74, 6) is -1.32. The third-order valence-electron chi connectivity index (χ3n) is 6.88. The molecule has 4 rings (SSSR count). The van der Waals surface area contributed by atoms with Crippen molar-refractivity contribution in [3.63, 3.8) is 0 Å². The highest BCUT2D eigenvalue weighted by Gasteiger charge is 2.45. The lowest BCUT2D eigenvalue weighted by Crippen LogP contribution is -2.42. The second-order valence-corrected chi connectivity index (χ2v) is 12.7. The molecule has 0 saturated heterocycles. The first-order chi connectivity index (χ1) is 22.5. The van der Waals surface area contributed by atoms with Gasteiger partial charge in [-0.25, -0.2) is 4.79 Å². The van der Waals surface area contributed by atoms with Gasteiger partial charge < -0.3 is 30.7 Å². The Labute approximate surface area is 280 Å². The minimum absolute atomic E-state index is 0.0149. The smallest absolute Gasteiger partial charge is 0.422 e. The van der Waals surface area contributed by atoms with E-state index in [2.05, 4.69) is 36.2 Å². The molecule has 0 bridgehead atoms. The lowest BCUT2D eigenvalue weighted by atomic mass is 10.1. The molecule has 0 spiro atoms. The van der Waals surface area contributed by atoms with Crippen molar-refractivity contribution in [2.24, 2.45) is 0 Å². The molecule has 0 aliphatic heterocycles. The number of aromatic nitrogens is 3. The summed E-state index contributed by atoms with van der Waals surface area (Å²) in [4.78, 5) is 49.2. The monoisotopic (exact) mass is 691 g/mol. The Kier molecular flexibility index (Phi) is 11.3. The Morgan fingerprint density at radius 3 is 2.21 bits per heavy atom. The number of nitrogens with zero attached hydrogens (tertiary/aromatic N) is 3. The lowest BCUT2D eigenvalue weighted by Gasteiger charge is -2.22. The Hall–Kier alpha value is -4.66. The molecule has 0 unspecified atom stereocenters. The molecule has 1 atom stereocenters. The summed E-state index contributed by atoms with van der Waals surface area (Å²) in [7, 11) is 0. The number of alkyl halides is 3. The largest absolute Gasteiger partial charge is 0.458 e. The highest BCUT2D eigenvalue weighted by Crippen LogP contribution is 2.48. The van der Waals surface area contributed by atoms with Gasteiger partial charge in [-0.2, -0.15) is 28.1 Å². The Balaban J connectivity index is 1.33. The van der Waals surface area contributed by atoms with E-state index in [0.29, 0.717) is 22.7 Å². The zero-order valence-corrected chi connectivity index (χ0v) is 27.6. The number of carbonyl (C=O) groups is 3. The van der Waals surface area contributed by atoms with Crippen molar-refractivity contribution in [1.82, 2.24) is 25.6 Å². The van der Waals surface area contributed by atoms with Gasteiger partial charge in [0.2, 0.25) is 17.8 Å². The van der Waals surface area contributed by atoms with Gasteiger partial charge in [-0.3, -0.25) is 9.59 Å². The van der Waals surface area contributed by atoms with E-state index in [1.165, 1.54) is 19.1 Å². The van der Waals surface area contributed by atoms with E-state index in [9.17, 15) is 27.6 Å². The van der Waals surface area contributed by atoms with Crippen LogP contribution in [-0.4, -0.2) is 63.7 Å². The fourth-order valence-corrected chi connectivity index (χ4v) is 4.55. The number of hydrogen-bond donors (Lipinski definition) is 4. The van der Waals surface area contributed by atoms with Crippen molar-refractivity contribution in [2.45, 2.75) is 76.7 Å². The van der Waals surface area contributed by atoms with E-state index >= 15 is 0 Å². The Bertz CT molecular complexity index is 1600. The van der Waals surface area contributed by atoms with Crippen LogP contribution in [0.15, 0.2) is 48.5 Å². The third kappa shape index (κ3) is 11.2. The van der Waals surface area contributed by atoms with Crippen molar-refractivity contribution in [1.29, 1.82) is 0 Å². The standard InChI is InChI=1S/C32H37ClF3N7O5/c1-19(26(46)48-30(2,3)4)38-24(44)6-5-17-37-25(45)20-7-13-23(14-8-20)39-27-40-28(42-29(41-27)47-18-32(34,35)36)43-31(15-16-31)21-9-11-22(33)12-10-21/h7-14,19H,5-6,15-18H2,1-4H3,(H,37,45)(H,38,44)(H2,39,40,41,42,43)/t19-/m1/s1. The van der Waals surface area contributed by atoms with Gasteiger partial charge in [-0.05, 0) is 88.9 Å². The average Bonchev–Trinajstić information content (AvgIpc) is 3.78. The van der Waals surface area contributed by atoms with E-state index in [1.807, 2.05) is 12.1 Å². The zero-order chi connectivity index (χ0) is 35.1. The molecule has 2 amide bonds. The maximum absolute atomic E-state index is 12.9. The van der Waals surface area contributed by atoms with Crippen molar-refractivity contribution < 1.29 is 37.0 Å². The Morgan fingerprint density at radius 1 is 0.958 bits per heavy atom. The van der Waals surface area contributed by atoms with E-state index in [1.54, 1.807) is 45.0 Å².